The van der Waals surface area contributed by atoms with Gasteiger partial charge < -0.3 is 4.74 Å². The fourth-order valence-corrected chi connectivity index (χ4v) is 7.10. The topological polar surface area (TPSA) is 91.8 Å². The van der Waals surface area contributed by atoms with Crippen LogP contribution in [0.5, 0.6) is 0 Å². The van der Waals surface area contributed by atoms with E-state index >= 15 is 0 Å². The quantitative estimate of drug-likeness (QED) is 0.545. The number of nitrogens with zero attached hydrogens (tertiary/aromatic N) is 3. The van der Waals surface area contributed by atoms with Crippen molar-refractivity contribution in [2.24, 2.45) is 0 Å². The fourth-order valence-electron chi connectivity index (χ4n) is 4.39. The van der Waals surface area contributed by atoms with E-state index in [1.165, 1.54) is 27.3 Å². The summed E-state index contributed by atoms with van der Waals surface area (Å²) in [7, 11) is -3.70. The molecule has 5 rings (SSSR count). The third-order valence-corrected chi connectivity index (χ3v) is 9.36. The molecular weight excluding hydrogens is 484 g/mol. The summed E-state index contributed by atoms with van der Waals surface area (Å²) in [4.78, 5) is 21.3. The van der Waals surface area contributed by atoms with Crippen LogP contribution >= 0.6 is 11.3 Å². The van der Waals surface area contributed by atoms with Gasteiger partial charge in [0, 0.05) is 49.6 Å². The van der Waals surface area contributed by atoms with Crippen LogP contribution in [-0.2, 0) is 34.3 Å². The highest BCUT2D eigenvalue weighted by molar-refractivity contribution is 7.89. The summed E-state index contributed by atoms with van der Waals surface area (Å²) >= 11 is 1.48. The van der Waals surface area contributed by atoms with Crippen LogP contribution < -0.4 is 5.32 Å². The molecule has 0 unspecified atom stereocenters. The maximum atomic E-state index is 13.2. The van der Waals surface area contributed by atoms with Crippen LogP contribution in [0, 0.1) is 6.92 Å². The summed E-state index contributed by atoms with van der Waals surface area (Å²) in [6.07, 6.45) is 0.834. The standard InChI is InChI=1S/C25H28N4O4S2/c1-18-7-8-20(15-23(18)35(31,32)29-11-13-33-14-12-29)24(30)27-25-26-21-9-10-28(17-22(21)34-25)16-19-5-3-2-4-6-19/h2-8,15H,9-14,16-17H2,1H3,(H,26,27,30). The van der Waals surface area contributed by atoms with E-state index in [2.05, 4.69) is 27.3 Å². The molecule has 1 fully saturated rings. The van der Waals surface area contributed by atoms with E-state index in [9.17, 15) is 13.2 Å². The molecule has 0 aliphatic carbocycles. The number of hydrogen-bond acceptors (Lipinski definition) is 7. The van der Waals surface area contributed by atoms with Crippen LogP contribution in [0.1, 0.15) is 32.1 Å². The predicted molar refractivity (Wildman–Crippen MR) is 135 cm³/mol. The molecule has 3 aromatic rings. The number of carbonyl (C=O) groups excluding carboxylic acids is 1. The van der Waals surface area contributed by atoms with Gasteiger partial charge in [0.2, 0.25) is 10.0 Å². The van der Waals surface area contributed by atoms with Crippen LogP contribution in [0.3, 0.4) is 0 Å². The third kappa shape index (κ3) is 5.31. The highest BCUT2D eigenvalue weighted by atomic mass is 32.2. The van der Waals surface area contributed by atoms with Crippen LogP contribution in [0.15, 0.2) is 53.4 Å². The number of carbonyl (C=O) groups is 1. The van der Waals surface area contributed by atoms with Crippen LogP contribution in [0.4, 0.5) is 5.13 Å². The molecule has 0 bridgehead atoms. The van der Waals surface area contributed by atoms with Gasteiger partial charge in [0.25, 0.3) is 5.91 Å². The van der Waals surface area contributed by atoms with Gasteiger partial charge >= 0.3 is 0 Å². The van der Waals surface area contributed by atoms with Gasteiger partial charge in [0.1, 0.15) is 0 Å². The second-order valence-corrected chi connectivity index (χ2v) is 11.8. The van der Waals surface area contributed by atoms with E-state index in [1.807, 2.05) is 18.2 Å². The SMILES string of the molecule is Cc1ccc(C(=O)Nc2nc3c(s2)CN(Cc2ccccc2)CC3)cc1S(=O)(=O)N1CCOCC1. The lowest BCUT2D eigenvalue weighted by atomic mass is 10.1. The minimum atomic E-state index is -3.70. The molecule has 0 atom stereocenters. The first-order valence-electron chi connectivity index (χ1n) is 11.6. The smallest absolute Gasteiger partial charge is 0.257 e. The number of nitrogens with one attached hydrogen (secondary N) is 1. The first-order valence-corrected chi connectivity index (χ1v) is 13.9. The molecule has 35 heavy (non-hydrogen) atoms. The van der Waals surface area contributed by atoms with E-state index in [0.717, 1.165) is 36.6 Å². The molecule has 1 amide bonds. The number of fused-ring (bicyclic) bond motifs is 1. The zero-order valence-corrected chi connectivity index (χ0v) is 21.2. The molecule has 2 aromatic carbocycles. The van der Waals surface area contributed by atoms with Crippen LogP contribution in [0.2, 0.25) is 0 Å². The Morgan fingerprint density at radius 3 is 2.66 bits per heavy atom. The van der Waals surface area contributed by atoms with Gasteiger partial charge in [-0.2, -0.15) is 4.31 Å². The van der Waals surface area contributed by atoms with Gasteiger partial charge in [-0.25, -0.2) is 13.4 Å². The summed E-state index contributed by atoms with van der Waals surface area (Å²) < 4.78 is 33.0. The number of aromatic nitrogens is 1. The Kier molecular flexibility index (Phi) is 6.99. The Bertz CT molecular complexity index is 1320. The van der Waals surface area contributed by atoms with E-state index < -0.39 is 10.0 Å². The van der Waals surface area contributed by atoms with E-state index in [1.54, 1.807) is 19.1 Å². The average molecular weight is 513 g/mol. The minimum absolute atomic E-state index is 0.155. The Morgan fingerprint density at radius 2 is 1.89 bits per heavy atom. The molecule has 0 spiro atoms. The Hall–Kier alpha value is -2.63. The molecular formula is C25H28N4O4S2. The van der Waals surface area contributed by atoms with Crippen molar-refractivity contribution in [2.45, 2.75) is 31.3 Å². The lowest BCUT2D eigenvalue weighted by Gasteiger charge is -2.26. The number of aryl methyl sites for hydroxylation is 1. The number of ether oxygens (including phenoxy) is 1. The Morgan fingerprint density at radius 1 is 1.11 bits per heavy atom. The van der Waals surface area contributed by atoms with Crippen molar-refractivity contribution in [2.75, 3.05) is 38.2 Å². The van der Waals surface area contributed by atoms with Crippen LogP contribution in [-0.4, -0.2) is 61.4 Å². The molecule has 3 heterocycles. The fraction of sp³-hybridized carbons (Fsp3) is 0.360. The number of morpholine rings is 1. The van der Waals surface area contributed by atoms with Crippen molar-refractivity contribution in [1.82, 2.24) is 14.2 Å². The molecule has 10 heteroatoms. The number of amides is 1. The van der Waals surface area contributed by atoms with Gasteiger partial charge in [0.15, 0.2) is 5.13 Å². The van der Waals surface area contributed by atoms with Crippen molar-refractivity contribution in [3.05, 3.63) is 75.8 Å². The summed E-state index contributed by atoms with van der Waals surface area (Å²) in [6, 6.07) is 15.2. The predicted octanol–water partition coefficient (Wildman–Crippen LogP) is 3.28. The second-order valence-electron chi connectivity index (χ2n) is 8.79. The van der Waals surface area contributed by atoms with Crippen molar-refractivity contribution >= 4 is 32.4 Å². The second kappa shape index (κ2) is 10.2. The summed E-state index contributed by atoms with van der Waals surface area (Å²) in [5.41, 5.74) is 3.20. The van der Waals surface area contributed by atoms with Gasteiger partial charge in [-0.1, -0.05) is 36.4 Å². The molecule has 184 valence electrons. The van der Waals surface area contributed by atoms with E-state index in [4.69, 9.17) is 4.74 Å². The first-order chi connectivity index (χ1) is 16.9. The number of thiazole rings is 1. The number of rotatable bonds is 6. The van der Waals surface area contributed by atoms with Gasteiger partial charge in [0.05, 0.1) is 23.8 Å². The molecule has 2 aliphatic heterocycles. The molecule has 2 aliphatic rings. The number of benzene rings is 2. The zero-order valence-electron chi connectivity index (χ0n) is 19.6. The summed E-state index contributed by atoms with van der Waals surface area (Å²) in [5.74, 6) is -0.365. The monoisotopic (exact) mass is 512 g/mol. The van der Waals surface area contributed by atoms with Gasteiger partial charge in [-0.05, 0) is 30.2 Å². The Balaban J connectivity index is 1.29. The number of hydrogen-bond donors (Lipinski definition) is 1. The van der Waals surface area contributed by atoms with Crippen molar-refractivity contribution < 1.29 is 17.9 Å². The van der Waals surface area contributed by atoms with Gasteiger partial charge in [-0.15, -0.1) is 11.3 Å². The highest BCUT2D eigenvalue weighted by Crippen LogP contribution is 2.30. The first kappa shape index (κ1) is 24.1. The lowest BCUT2D eigenvalue weighted by Crippen LogP contribution is -2.40. The highest BCUT2D eigenvalue weighted by Gasteiger charge is 2.29. The number of anilines is 1. The van der Waals surface area contributed by atoms with E-state index in [0.29, 0.717) is 42.6 Å². The van der Waals surface area contributed by atoms with E-state index in [-0.39, 0.29) is 10.8 Å². The number of sulfonamides is 1. The average Bonchev–Trinajstić information content (AvgIpc) is 3.27. The summed E-state index contributed by atoms with van der Waals surface area (Å²) in [5, 5.41) is 3.42. The largest absolute Gasteiger partial charge is 0.379 e. The minimum Gasteiger partial charge on any atom is -0.379 e. The maximum Gasteiger partial charge on any atom is 0.257 e. The molecule has 0 saturated carbocycles. The molecule has 0 radical (unpaired) electrons. The lowest BCUT2D eigenvalue weighted by molar-refractivity contribution is 0.0730. The van der Waals surface area contributed by atoms with Crippen molar-refractivity contribution in [1.29, 1.82) is 0 Å². The summed E-state index contributed by atoms with van der Waals surface area (Å²) in [6.45, 7) is 5.69. The Labute approximate surface area is 209 Å². The maximum absolute atomic E-state index is 13.2. The zero-order chi connectivity index (χ0) is 24.4. The molecule has 1 saturated heterocycles. The van der Waals surface area contributed by atoms with Crippen LogP contribution in [0.25, 0.3) is 0 Å². The normalized spacial score (nSPS) is 17.2. The molecule has 1 N–H and O–H groups in total. The van der Waals surface area contributed by atoms with Crippen molar-refractivity contribution in [3.63, 3.8) is 0 Å². The molecule has 1 aromatic heterocycles. The molecule has 8 nitrogen and oxygen atoms in total. The van der Waals surface area contributed by atoms with Crippen molar-refractivity contribution in [3.8, 4) is 0 Å². The van der Waals surface area contributed by atoms with Gasteiger partial charge in [-0.3, -0.25) is 15.0 Å². The third-order valence-electron chi connectivity index (χ3n) is 6.32.